The molecule has 100 valence electrons. The molecular formula is C14H7ClO5. The van der Waals surface area contributed by atoms with Crippen molar-refractivity contribution >= 4 is 33.3 Å². The van der Waals surface area contributed by atoms with Crippen LogP contribution in [0.1, 0.15) is 0 Å². The molecule has 1 N–H and O–H groups in total. The van der Waals surface area contributed by atoms with Crippen molar-refractivity contribution in [3.05, 3.63) is 39.7 Å². The normalized spacial score (nSPS) is 13.2. The number of phenolic OH excluding ortho intramolecular Hbond substituents is 1. The van der Waals surface area contributed by atoms with E-state index in [-0.39, 0.29) is 18.1 Å². The first-order valence-electron chi connectivity index (χ1n) is 5.83. The summed E-state index contributed by atoms with van der Waals surface area (Å²) in [4.78, 5) is 12.1. The number of ether oxygens (including phenoxy) is 2. The SMILES string of the molecule is O=c1oc2cc(O)cc(Cl)c2c2ccc3c(c12)OCO3. The second kappa shape index (κ2) is 3.80. The Kier molecular flexibility index (Phi) is 2.17. The molecule has 2 heterocycles. The van der Waals surface area contributed by atoms with E-state index in [1.54, 1.807) is 12.1 Å². The molecule has 6 heteroatoms. The highest BCUT2D eigenvalue weighted by atomic mass is 35.5. The first kappa shape index (κ1) is 11.4. The number of hydrogen-bond donors (Lipinski definition) is 1. The van der Waals surface area contributed by atoms with E-state index in [1.807, 2.05) is 0 Å². The second-order valence-corrected chi connectivity index (χ2v) is 4.82. The van der Waals surface area contributed by atoms with Gasteiger partial charge in [0.2, 0.25) is 6.79 Å². The lowest BCUT2D eigenvalue weighted by molar-refractivity contribution is 0.174. The summed E-state index contributed by atoms with van der Waals surface area (Å²) in [6.45, 7) is 0.0647. The van der Waals surface area contributed by atoms with Crippen molar-refractivity contribution in [2.45, 2.75) is 0 Å². The summed E-state index contributed by atoms with van der Waals surface area (Å²) in [5.41, 5.74) is -0.331. The number of fused-ring (bicyclic) bond motifs is 5. The standard InChI is InChI=1S/C14H7ClO5/c15-8-3-6(16)4-10-11(8)7-1-2-9-13(19-5-18-9)12(7)14(17)20-10/h1-4,16H,5H2. The molecule has 1 aliphatic heterocycles. The van der Waals surface area contributed by atoms with Crippen molar-refractivity contribution in [1.29, 1.82) is 0 Å². The molecule has 0 spiro atoms. The predicted molar refractivity (Wildman–Crippen MR) is 72.8 cm³/mol. The van der Waals surface area contributed by atoms with Crippen LogP contribution >= 0.6 is 11.6 Å². The number of halogens is 1. The average molecular weight is 291 g/mol. The van der Waals surface area contributed by atoms with E-state index in [4.69, 9.17) is 25.5 Å². The maximum atomic E-state index is 12.1. The first-order chi connectivity index (χ1) is 9.65. The fraction of sp³-hybridized carbons (Fsp3) is 0.0714. The molecule has 20 heavy (non-hydrogen) atoms. The van der Waals surface area contributed by atoms with Gasteiger partial charge in [-0.2, -0.15) is 0 Å². The van der Waals surface area contributed by atoms with Gasteiger partial charge >= 0.3 is 5.63 Å². The van der Waals surface area contributed by atoms with Gasteiger partial charge in [0.1, 0.15) is 16.7 Å². The van der Waals surface area contributed by atoms with Gasteiger partial charge in [0.25, 0.3) is 0 Å². The number of phenols is 1. The quantitative estimate of drug-likeness (QED) is 0.509. The molecule has 0 bridgehead atoms. The zero-order chi connectivity index (χ0) is 13.9. The summed E-state index contributed by atoms with van der Waals surface area (Å²) in [7, 11) is 0. The lowest BCUT2D eigenvalue weighted by atomic mass is 10.1. The van der Waals surface area contributed by atoms with Gasteiger partial charge in [0.05, 0.1) is 5.02 Å². The minimum atomic E-state index is -0.559. The van der Waals surface area contributed by atoms with Gasteiger partial charge in [-0.05, 0) is 18.2 Å². The van der Waals surface area contributed by atoms with Gasteiger partial charge in [-0.25, -0.2) is 4.79 Å². The van der Waals surface area contributed by atoms with Crippen LogP contribution in [0.2, 0.25) is 5.02 Å². The lowest BCUT2D eigenvalue weighted by Crippen LogP contribution is -2.02. The van der Waals surface area contributed by atoms with Crippen LogP contribution in [0, 0.1) is 0 Å². The zero-order valence-corrected chi connectivity index (χ0v) is 10.7. The molecule has 1 aromatic heterocycles. The molecule has 3 aromatic rings. The third kappa shape index (κ3) is 1.41. The molecule has 4 rings (SSSR count). The van der Waals surface area contributed by atoms with Crippen molar-refractivity contribution < 1.29 is 19.0 Å². The zero-order valence-electron chi connectivity index (χ0n) is 9.97. The van der Waals surface area contributed by atoms with Gasteiger partial charge < -0.3 is 19.0 Å². The maximum Gasteiger partial charge on any atom is 0.348 e. The molecule has 0 unspecified atom stereocenters. The third-order valence-corrected chi connectivity index (χ3v) is 3.55. The van der Waals surface area contributed by atoms with E-state index >= 15 is 0 Å². The van der Waals surface area contributed by atoms with Crippen LogP contribution in [0.15, 0.2) is 33.5 Å². The van der Waals surface area contributed by atoms with Crippen molar-refractivity contribution in [2.24, 2.45) is 0 Å². The molecule has 0 amide bonds. The first-order valence-corrected chi connectivity index (χ1v) is 6.20. The molecule has 5 nitrogen and oxygen atoms in total. The van der Waals surface area contributed by atoms with Crippen LogP contribution in [-0.2, 0) is 0 Å². The third-order valence-electron chi connectivity index (χ3n) is 3.25. The van der Waals surface area contributed by atoms with E-state index < -0.39 is 5.63 Å². The number of rotatable bonds is 0. The summed E-state index contributed by atoms with van der Waals surface area (Å²) in [6.07, 6.45) is 0. The summed E-state index contributed by atoms with van der Waals surface area (Å²) in [5, 5.41) is 11.3. The van der Waals surface area contributed by atoms with Crippen LogP contribution in [0.5, 0.6) is 17.2 Å². The number of benzene rings is 2. The highest BCUT2D eigenvalue weighted by Gasteiger charge is 2.22. The van der Waals surface area contributed by atoms with Crippen molar-refractivity contribution in [3.8, 4) is 17.2 Å². The van der Waals surface area contributed by atoms with Gasteiger partial charge in [0.15, 0.2) is 11.5 Å². The molecule has 0 saturated heterocycles. The largest absolute Gasteiger partial charge is 0.508 e. The molecular weight excluding hydrogens is 284 g/mol. The number of aromatic hydroxyl groups is 1. The number of hydrogen-bond acceptors (Lipinski definition) is 5. The van der Waals surface area contributed by atoms with Crippen LogP contribution in [-0.4, -0.2) is 11.9 Å². The van der Waals surface area contributed by atoms with Gasteiger partial charge in [-0.15, -0.1) is 0 Å². The molecule has 1 aliphatic rings. The van der Waals surface area contributed by atoms with E-state index in [9.17, 15) is 9.90 Å². The Morgan fingerprint density at radius 2 is 2.00 bits per heavy atom. The molecule has 2 aromatic carbocycles. The Balaban J connectivity index is 2.29. The Hall–Kier alpha value is -2.40. The minimum absolute atomic E-state index is 0.0641. The van der Waals surface area contributed by atoms with Crippen LogP contribution in [0.25, 0.3) is 21.7 Å². The highest BCUT2D eigenvalue weighted by Crippen LogP contribution is 2.41. The fourth-order valence-electron chi connectivity index (χ4n) is 2.44. The molecule has 0 atom stereocenters. The van der Waals surface area contributed by atoms with E-state index in [1.165, 1.54) is 12.1 Å². The van der Waals surface area contributed by atoms with Gasteiger partial charge in [-0.1, -0.05) is 11.6 Å². The fourth-order valence-corrected chi connectivity index (χ4v) is 2.75. The Morgan fingerprint density at radius 1 is 1.15 bits per heavy atom. The Bertz CT molecular complexity index is 928. The minimum Gasteiger partial charge on any atom is -0.508 e. The van der Waals surface area contributed by atoms with Crippen LogP contribution < -0.4 is 15.1 Å². The predicted octanol–water partition coefficient (Wildman–Crippen LogP) is 3.03. The summed E-state index contributed by atoms with van der Waals surface area (Å²) >= 11 is 6.15. The molecule has 0 aliphatic carbocycles. The van der Waals surface area contributed by atoms with E-state index in [0.717, 1.165) is 0 Å². The second-order valence-electron chi connectivity index (χ2n) is 4.41. The van der Waals surface area contributed by atoms with E-state index in [0.29, 0.717) is 32.7 Å². The van der Waals surface area contributed by atoms with Crippen molar-refractivity contribution in [2.75, 3.05) is 6.79 Å². The molecule has 0 fully saturated rings. The Labute approximate surface area is 116 Å². The van der Waals surface area contributed by atoms with Crippen molar-refractivity contribution in [1.82, 2.24) is 0 Å². The van der Waals surface area contributed by atoms with Crippen LogP contribution in [0.4, 0.5) is 0 Å². The van der Waals surface area contributed by atoms with Crippen LogP contribution in [0.3, 0.4) is 0 Å². The molecule has 0 radical (unpaired) electrons. The Morgan fingerprint density at radius 3 is 2.85 bits per heavy atom. The van der Waals surface area contributed by atoms with Crippen molar-refractivity contribution in [3.63, 3.8) is 0 Å². The van der Waals surface area contributed by atoms with E-state index in [2.05, 4.69) is 0 Å². The highest BCUT2D eigenvalue weighted by molar-refractivity contribution is 6.37. The smallest absolute Gasteiger partial charge is 0.348 e. The monoisotopic (exact) mass is 290 g/mol. The van der Waals surface area contributed by atoms with Gasteiger partial charge in [0, 0.05) is 16.8 Å². The average Bonchev–Trinajstić information content (AvgIpc) is 2.85. The summed E-state index contributed by atoms with van der Waals surface area (Å²) < 4.78 is 15.8. The lowest BCUT2D eigenvalue weighted by Gasteiger charge is -2.07. The summed E-state index contributed by atoms with van der Waals surface area (Å²) in [5.74, 6) is 0.798. The molecule has 0 saturated carbocycles. The maximum absolute atomic E-state index is 12.1. The summed E-state index contributed by atoms with van der Waals surface area (Å²) in [6, 6.07) is 6.19. The topological polar surface area (TPSA) is 68.9 Å². The van der Waals surface area contributed by atoms with Gasteiger partial charge in [-0.3, -0.25) is 0 Å².